The van der Waals surface area contributed by atoms with Crippen molar-refractivity contribution < 1.29 is 28.9 Å². The second-order valence-corrected chi connectivity index (χ2v) is 5.50. The number of hydrogen-bond acceptors (Lipinski definition) is 5. The first-order chi connectivity index (χ1) is 10.8. The van der Waals surface area contributed by atoms with E-state index in [0.29, 0.717) is 5.75 Å². The van der Waals surface area contributed by atoms with Crippen LogP contribution in [0.15, 0.2) is 18.2 Å². The lowest BCUT2D eigenvalue weighted by atomic mass is 10.1. The summed E-state index contributed by atoms with van der Waals surface area (Å²) in [5, 5.41) is 18.9. The average Bonchev–Trinajstić information content (AvgIpc) is 2.87. The Labute approximate surface area is 132 Å². The normalized spacial score (nSPS) is 20.8. The lowest BCUT2D eigenvalue weighted by molar-refractivity contribution is -0.138. The van der Waals surface area contributed by atoms with E-state index in [-0.39, 0.29) is 25.2 Å². The van der Waals surface area contributed by atoms with E-state index in [2.05, 4.69) is 0 Å². The van der Waals surface area contributed by atoms with Crippen LogP contribution in [0.2, 0.25) is 0 Å². The van der Waals surface area contributed by atoms with Gasteiger partial charge in [0, 0.05) is 19.2 Å². The molecule has 126 valence electrons. The fraction of sp³-hybridized carbons (Fsp3) is 0.467. The standard InChI is InChI=1S/C15H19FN2O5/c1-17(8-14(20)21)12-6-18(7-13(12)19)15(22)10-4-3-9(23-2)5-11(10)16/h3-5,12-13,19H,6-8H2,1-2H3,(H,20,21)/t12-,13-/m1/s1. The number of carboxylic acids is 1. The molecule has 1 aliphatic rings. The number of amides is 1. The minimum absolute atomic E-state index is 0.0267. The van der Waals surface area contributed by atoms with Crippen molar-refractivity contribution in [1.29, 1.82) is 0 Å². The van der Waals surface area contributed by atoms with Gasteiger partial charge in [-0.2, -0.15) is 0 Å². The molecule has 2 N–H and O–H groups in total. The van der Waals surface area contributed by atoms with Crippen molar-refractivity contribution in [1.82, 2.24) is 9.80 Å². The molecule has 7 nitrogen and oxygen atoms in total. The molecule has 0 aromatic heterocycles. The molecule has 0 bridgehead atoms. The van der Waals surface area contributed by atoms with Crippen LogP contribution in [0.1, 0.15) is 10.4 Å². The van der Waals surface area contributed by atoms with E-state index in [9.17, 15) is 19.1 Å². The van der Waals surface area contributed by atoms with Crippen LogP contribution in [-0.2, 0) is 4.79 Å². The molecule has 1 heterocycles. The van der Waals surface area contributed by atoms with Gasteiger partial charge in [-0.05, 0) is 19.2 Å². The molecule has 2 atom stereocenters. The third-order valence-electron chi connectivity index (χ3n) is 3.90. The van der Waals surface area contributed by atoms with E-state index in [4.69, 9.17) is 9.84 Å². The Kier molecular flexibility index (Phi) is 5.17. The number of halogens is 1. The van der Waals surface area contributed by atoms with Gasteiger partial charge in [0.15, 0.2) is 0 Å². The Morgan fingerprint density at radius 3 is 2.70 bits per heavy atom. The number of β-amino-alcohol motifs (C(OH)–C–C–N with tert-alkyl or cyclic N) is 1. The quantitative estimate of drug-likeness (QED) is 0.794. The molecule has 0 radical (unpaired) electrons. The SMILES string of the molecule is COc1ccc(C(=O)N2C[C@@H](O)[C@H](N(C)CC(=O)O)C2)c(F)c1. The minimum Gasteiger partial charge on any atom is -0.497 e. The van der Waals surface area contributed by atoms with Gasteiger partial charge in [-0.15, -0.1) is 0 Å². The van der Waals surface area contributed by atoms with E-state index in [1.165, 1.54) is 29.0 Å². The van der Waals surface area contributed by atoms with Gasteiger partial charge in [-0.3, -0.25) is 14.5 Å². The van der Waals surface area contributed by atoms with Gasteiger partial charge < -0.3 is 19.8 Å². The van der Waals surface area contributed by atoms with Crippen molar-refractivity contribution in [2.45, 2.75) is 12.1 Å². The largest absolute Gasteiger partial charge is 0.497 e. The number of carboxylic acid groups (broad SMARTS) is 1. The molecule has 1 fully saturated rings. The number of aliphatic carboxylic acids is 1. The van der Waals surface area contributed by atoms with Crippen molar-refractivity contribution in [3.05, 3.63) is 29.6 Å². The Bertz CT molecular complexity index is 610. The predicted molar refractivity (Wildman–Crippen MR) is 78.9 cm³/mol. The minimum atomic E-state index is -1.02. The van der Waals surface area contributed by atoms with E-state index in [0.717, 1.165) is 6.07 Å². The van der Waals surface area contributed by atoms with Crippen LogP contribution in [0.5, 0.6) is 5.75 Å². The number of methoxy groups -OCH3 is 1. The lowest BCUT2D eigenvalue weighted by Gasteiger charge is -2.24. The molecule has 8 heteroatoms. The number of aliphatic hydroxyl groups is 1. The maximum Gasteiger partial charge on any atom is 0.317 e. The number of nitrogens with zero attached hydrogens (tertiary/aromatic N) is 2. The summed E-state index contributed by atoms with van der Waals surface area (Å²) in [6, 6.07) is 3.43. The number of carbonyl (C=O) groups is 2. The number of benzene rings is 1. The highest BCUT2D eigenvalue weighted by molar-refractivity contribution is 5.95. The molecule has 0 spiro atoms. The molecule has 1 saturated heterocycles. The first-order valence-corrected chi connectivity index (χ1v) is 7.06. The molecule has 0 saturated carbocycles. The van der Waals surface area contributed by atoms with Crippen LogP contribution in [-0.4, -0.2) is 77.8 Å². The monoisotopic (exact) mass is 326 g/mol. The molecule has 1 aromatic carbocycles. The Balaban J connectivity index is 2.11. The van der Waals surface area contributed by atoms with Gasteiger partial charge in [0.2, 0.25) is 0 Å². The number of likely N-dealkylation sites (tertiary alicyclic amines) is 1. The lowest BCUT2D eigenvalue weighted by Crippen LogP contribution is -2.43. The molecule has 1 aliphatic heterocycles. The smallest absolute Gasteiger partial charge is 0.317 e. The summed E-state index contributed by atoms with van der Waals surface area (Å²) in [5.41, 5.74) is -0.112. The number of aliphatic hydroxyl groups excluding tert-OH is 1. The summed E-state index contributed by atoms with van der Waals surface area (Å²) in [5.74, 6) is -1.97. The molecule has 0 unspecified atom stereocenters. The highest BCUT2D eigenvalue weighted by atomic mass is 19.1. The Hall–Kier alpha value is -2.19. The summed E-state index contributed by atoms with van der Waals surface area (Å²) in [7, 11) is 2.96. The summed E-state index contributed by atoms with van der Waals surface area (Å²) >= 11 is 0. The molecule has 1 aromatic rings. The molecule has 2 rings (SSSR count). The number of rotatable bonds is 5. The van der Waals surface area contributed by atoms with Crippen molar-refractivity contribution in [3.63, 3.8) is 0 Å². The van der Waals surface area contributed by atoms with Gasteiger partial charge in [0.25, 0.3) is 5.91 Å². The summed E-state index contributed by atoms with van der Waals surface area (Å²) < 4.78 is 18.9. The summed E-state index contributed by atoms with van der Waals surface area (Å²) in [4.78, 5) is 25.9. The highest BCUT2D eigenvalue weighted by Crippen LogP contribution is 2.21. The molecular weight excluding hydrogens is 307 g/mol. The molecule has 1 amide bonds. The average molecular weight is 326 g/mol. The van der Waals surface area contributed by atoms with Crippen LogP contribution >= 0.6 is 0 Å². The summed E-state index contributed by atoms with van der Waals surface area (Å²) in [6.07, 6.45) is -0.885. The number of ether oxygens (including phenoxy) is 1. The van der Waals surface area contributed by atoms with Gasteiger partial charge in [-0.25, -0.2) is 4.39 Å². The van der Waals surface area contributed by atoms with E-state index in [1.54, 1.807) is 7.05 Å². The van der Waals surface area contributed by atoms with Crippen molar-refractivity contribution in [2.75, 3.05) is 33.8 Å². The van der Waals surface area contributed by atoms with Crippen molar-refractivity contribution in [2.24, 2.45) is 0 Å². The third-order valence-corrected chi connectivity index (χ3v) is 3.90. The maximum absolute atomic E-state index is 14.0. The van der Waals surface area contributed by atoms with Crippen molar-refractivity contribution in [3.8, 4) is 5.75 Å². The molecule has 0 aliphatic carbocycles. The second-order valence-electron chi connectivity index (χ2n) is 5.50. The van der Waals surface area contributed by atoms with E-state index >= 15 is 0 Å². The number of likely N-dealkylation sites (N-methyl/N-ethyl adjacent to an activating group) is 1. The zero-order chi connectivity index (χ0) is 17.1. The topological polar surface area (TPSA) is 90.3 Å². The van der Waals surface area contributed by atoms with Gasteiger partial charge >= 0.3 is 5.97 Å². The summed E-state index contributed by atoms with van der Waals surface area (Å²) in [6.45, 7) is -0.0885. The first kappa shape index (κ1) is 17.2. The first-order valence-electron chi connectivity index (χ1n) is 7.06. The Morgan fingerprint density at radius 1 is 1.43 bits per heavy atom. The Morgan fingerprint density at radius 2 is 2.13 bits per heavy atom. The van der Waals surface area contributed by atoms with E-state index in [1.807, 2.05) is 0 Å². The fourth-order valence-corrected chi connectivity index (χ4v) is 2.67. The second kappa shape index (κ2) is 6.93. The van der Waals surface area contributed by atoms with Crippen LogP contribution in [0.4, 0.5) is 4.39 Å². The van der Waals surface area contributed by atoms with Gasteiger partial charge in [0.05, 0.1) is 31.4 Å². The van der Waals surface area contributed by atoms with Crippen molar-refractivity contribution >= 4 is 11.9 Å². The maximum atomic E-state index is 14.0. The van der Waals surface area contributed by atoms with Crippen LogP contribution in [0, 0.1) is 5.82 Å². The van der Waals surface area contributed by atoms with Gasteiger partial charge in [-0.1, -0.05) is 0 Å². The molecule has 23 heavy (non-hydrogen) atoms. The number of hydrogen-bond donors (Lipinski definition) is 2. The predicted octanol–water partition coefficient (Wildman–Crippen LogP) is 0.0360. The van der Waals surface area contributed by atoms with Gasteiger partial charge in [0.1, 0.15) is 11.6 Å². The molecular formula is C15H19FN2O5. The van der Waals surface area contributed by atoms with Crippen LogP contribution in [0.25, 0.3) is 0 Å². The fourth-order valence-electron chi connectivity index (χ4n) is 2.67. The zero-order valence-corrected chi connectivity index (χ0v) is 12.9. The zero-order valence-electron chi connectivity index (χ0n) is 12.9. The number of carbonyl (C=O) groups excluding carboxylic acids is 1. The highest BCUT2D eigenvalue weighted by Gasteiger charge is 2.37. The third kappa shape index (κ3) is 3.77. The van der Waals surface area contributed by atoms with Crippen LogP contribution in [0.3, 0.4) is 0 Å². The van der Waals surface area contributed by atoms with E-state index < -0.39 is 29.8 Å². The van der Waals surface area contributed by atoms with Crippen LogP contribution < -0.4 is 4.74 Å².